The first-order valence-corrected chi connectivity index (χ1v) is 7.17. The SMILES string of the molecule is CCNC(C)(CO)CCN(C)C1CCCCC1. The minimum atomic E-state index is -0.113. The molecular formula is C14H30N2O. The van der Waals surface area contributed by atoms with Crippen molar-refractivity contribution >= 4 is 0 Å². The van der Waals surface area contributed by atoms with E-state index in [1.165, 1.54) is 32.1 Å². The lowest BCUT2D eigenvalue weighted by molar-refractivity contribution is 0.130. The molecule has 1 atom stereocenters. The van der Waals surface area contributed by atoms with E-state index in [1.807, 2.05) is 0 Å². The van der Waals surface area contributed by atoms with Crippen LogP contribution < -0.4 is 5.32 Å². The standard InChI is InChI=1S/C14H30N2O/c1-4-15-14(2,12-17)10-11-16(3)13-8-6-5-7-9-13/h13,15,17H,4-12H2,1-3H3. The van der Waals surface area contributed by atoms with Gasteiger partial charge in [0.2, 0.25) is 0 Å². The fourth-order valence-corrected chi connectivity index (χ4v) is 2.78. The number of aliphatic hydroxyl groups is 1. The van der Waals surface area contributed by atoms with Crippen LogP contribution >= 0.6 is 0 Å². The Morgan fingerprint density at radius 1 is 1.29 bits per heavy atom. The van der Waals surface area contributed by atoms with Crippen molar-refractivity contribution < 1.29 is 5.11 Å². The summed E-state index contributed by atoms with van der Waals surface area (Å²) >= 11 is 0. The van der Waals surface area contributed by atoms with E-state index in [4.69, 9.17) is 0 Å². The summed E-state index contributed by atoms with van der Waals surface area (Å²) in [5.74, 6) is 0. The molecule has 0 bridgehead atoms. The third-order valence-corrected chi connectivity index (χ3v) is 4.17. The molecule has 0 aromatic rings. The molecule has 1 unspecified atom stereocenters. The number of rotatable bonds is 7. The van der Waals surface area contributed by atoms with Crippen LogP contribution in [0.25, 0.3) is 0 Å². The van der Waals surface area contributed by atoms with Gasteiger partial charge < -0.3 is 15.3 Å². The van der Waals surface area contributed by atoms with Crippen LogP contribution in [0.2, 0.25) is 0 Å². The first-order valence-electron chi connectivity index (χ1n) is 7.17. The highest BCUT2D eigenvalue weighted by Crippen LogP contribution is 2.22. The number of nitrogens with one attached hydrogen (secondary N) is 1. The molecule has 3 nitrogen and oxygen atoms in total. The van der Waals surface area contributed by atoms with E-state index in [-0.39, 0.29) is 12.1 Å². The maximum Gasteiger partial charge on any atom is 0.0611 e. The Balaban J connectivity index is 2.32. The molecule has 0 aromatic carbocycles. The van der Waals surface area contributed by atoms with Gasteiger partial charge in [0.1, 0.15) is 0 Å². The van der Waals surface area contributed by atoms with E-state index >= 15 is 0 Å². The van der Waals surface area contributed by atoms with E-state index in [0.29, 0.717) is 0 Å². The van der Waals surface area contributed by atoms with Gasteiger partial charge in [-0.15, -0.1) is 0 Å². The Kier molecular flexibility index (Phi) is 6.45. The second-order valence-electron chi connectivity index (χ2n) is 5.77. The average molecular weight is 242 g/mol. The maximum absolute atomic E-state index is 9.46. The Morgan fingerprint density at radius 2 is 1.94 bits per heavy atom. The van der Waals surface area contributed by atoms with E-state index < -0.39 is 0 Å². The lowest BCUT2D eigenvalue weighted by Crippen LogP contribution is -2.48. The van der Waals surface area contributed by atoms with Gasteiger partial charge in [0.25, 0.3) is 0 Å². The molecule has 0 spiro atoms. The summed E-state index contributed by atoms with van der Waals surface area (Å²) in [7, 11) is 2.24. The second kappa shape index (κ2) is 7.34. The van der Waals surface area contributed by atoms with Crippen molar-refractivity contribution in [3.05, 3.63) is 0 Å². The van der Waals surface area contributed by atoms with Crippen LogP contribution in [0.1, 0.15) is 52.4 Å². The zero-order valence-electron chi connectivity index (χ0n) is 11.8. The van der Waals surface area contributed by atoms with Gasteiger partial charge in [-0.1, -0.05) is 26.2 Å². The number of aliphatic hydroxyl groups excluding tert-OH is 1. The van der Waals surface area contributed by atoms with E-state index in [9.17, 15) is 5.11 Å². The van der Waals surface area contributed by atoms with Gasteiger partial charge in [-0.05, 0) is 46.3 Å². The van der Waals surface area contributed by atoms with Gasteiger partial charge in [-0.25, -0.2) is 0 Å². The number of nitrogens with zero attached hydrogens (tertiary/aromatic N) is 1. The number of likely N-dealkylation sites (N-methyl/N-ethyl adjacent to an activating group) is 1. The molecule has 2 N–H and O–H groups in total. The molecule has 1 fully saturated rings. The van der Waals surface area contributed by atoms with Gasteiger partial charge in [-0.2, -0.15) is 0 Å². The lowest BCUT2D eigenvalue weighted by atomic mass is 9.93. The van der Waals surface area contributed by atoms with Gasteiger partial charge in [0.15, 0.2) is 0 Å². The molecule has 1 rings (SSSR count). The second-order valence-corrected chi connectivity index (χ2v) is 5.77. The van der Waals surface area contributed by atoms with E-state index in [1.54, 1.807) is 0 Å². The van der Waals surface area contributed by atoms with Crippen LogP contribution in [-0.4, -0.2) is 48.3 Å². The topological polar surface area (TPSA) is 35.5 Å². The van der Waals surface area contributed by atoms with E-state index in [2.05, 4.69) is 31.1 Å². The normalized spacial score (nSPS) is 21.7. The molecule has 102 valence electrons. The summed E-state index contributed by atoms with van der Waals surface area (Å²) in [6, 6.07) is 0.772. The first-order chi connectivity index (χ1) is 8.11. The quantitative estimate of drug-likeness (QED) is 0.717. The predicted octanol–water partition coefficient (Wildman–Crippen LogP) is 2.00. The van der Waals surface area contributed by atoms with Crippen LogP contribution in [0.5, 0.6) is 0 Å². The zero-order chi connectivity index (χ0) is 12.7. The van der Waals surface area contributed by atoms with Crippen molar-refractivity contribution in [1.29, 1.82) is 0 Å². The first kappa shape index (κ1) is 14.9. The molecule has 1 saturated carbocycles. The molecule has 0 radical (unpaired) electrons. The highest BCUT2D eigenvalue weighted by molar-refractivity contribution is 4.84. The molecule has 1 aliphatic carbocycles. The third-order valence-electron chi connectivity index (χ3n) is 4.17. The summed E-state index contributed by atoms with van der Waals surface area (Å²) in [6.07, 6.45) is 7.92. The molecule has 0 amide bonds. The van der Waals surface area contributed by atoms with Crippen LogP contribution in [0.15, 0.2) is 0 Å². The molecule has 3 heteroatoms. The minimum Gasteiger partial charge on any atom is -0.394 e. The van der Waals surface area contributed by atoms with Crippen molar-refractivity contribution in [3.63, 3.8) is 0 Å². The predicted molar refractivity (Wildman–Crippen MR) is 73.3 cm³/mol. The van der Waals surface area contributed by atoms with Crippen molar-refractivity contribution in [2.24, 2.45) is 0 Å². The lowest BCUT2D eigenvalue weighted by Gasteiger charge is -2.35. The van der Waals surface area contributed by atoms with Gasteiger partial charge >= 0.3 is 0 Å². The van der Waals surface area contributed by atoms with Crippen LogP contribution in [0.3, 0.4) is 0 Å². The number of hydrogen-bond donors (Lipinski definition) is 2. The van der Waals surface area contributed by atoms with Crippen LogP contribution in [-0.2, 0) is 0 Å². The maximum atomic E-state index is 9.46. The van der Waals surface area contributed by atoms with Crippen LogP contribution in [0.4, 0.5) is 0 Å². The fourth-order valence-electron chi connectivity index (χ4n) is 2.78. The summed E-state index contributed by atoms with van der Waals surface area (Å²) in [4.78, 5) is 2.49. The summed E-state index contributed by atoms with van der Waals surface area (Å²) in [6.45, 7) is 6.43. The van der Waals surface area contributed by atoms with Crippen LogP contribution in [0, 0.1) is 0 Å². The smallest absolute Gasteiger partial charge is 0.0611 e. The Labute approximate surface area is 107 Å². The van der Waals surface area contributed by atoms with Crippen molar-refractivity contribution in [2.45, 2.75) is 64.0 Å². The van der Waals surface area contributed by atoms with Gasteiger partial charge in [0, 0.05) is 11.6 Å². The molecule has 0 aromatic heterocycles. The van der Waals surface area contributed by atoms with Gasteiger partial charge in [-0.3, -0.25) is 0 Å². The monoisotopic (exact) mass is 242 g/mol. The summed E-state index contributed by atoms with van der Waals surface area (Å²) < 4.78 is 0. The Morgan fingerprint density at radius 3 is 2.47 bits per heavy atom. The molecule has 0 heterocycles. The Hall–Kier alpha value is -0.120. The third kappa shape index (κ3) is 4.94. The van der Waals surface area contributed by atoms with E-state index in [0.717, 1.165) is 25.6 Å². The summed E-state index contributed by atoms with van der Waals surface area (Å²) in [5.41, 5.74) is -0.113. The van der Waals surface area contributed by atoms with Crippen molar-refractivity contribution in [2.75, 3.05) is 26.7 Å². The average Bonchev–Trinajstić information content (AvgIpc) is 2.37. The zero-order valence-corrected chi connectivity index (χ0v) is 11.8. The minimum absolute atomic E-state index is 0.113. The van der Waals surface area contributed by atoms with Crippen molar-refractivity contribution in [3.8, 4) is 0 Å². The molecule has 1 aliphatic rings. The highest BCUT2D eigenvalue weighted by Gasteiger charge is 2.24. The summed E-state index contributed by atoms with van der Waals surface area (Å²) in [5, 5.41) is 12.8. The molecule has 0 saturated heterocycles. The fraction of sp³-hybridized carbons (Fsp3) is 1.00. The largest absolute Gasteiger partial charge is 0.394 e. The molecule has 17 heavy (non-hydrogen) atoms. The van der Waals surface area contributed by atoms with Crippen molar-refractivity contribution in [1.82, 2.24) is 10.2 Å². The Bertz CT molecular complexity index is 204. The molecular weight excluding hydrogens is 212 g/mol. The number of hydrogen-bond acceptors (Lipinski definition) is 3. The highest BCUT2D eigenvalue weighted by atomic mass is 16.3. The molecule has 0 aliphatic heterocycles. The van der Waals surface area contributed by atoms with Gasteiger partial charge in [0.05, 0.1) is 6.61 Å².